The van der Waals surface area contributed by atoms with Crippen LogP contribution >= 0.6 is 0 Å². The summed E-state index contributed by atoms with van der Waals surface area (Å²) in [5, 5.41) is 15.3. The highest BCUT2D eigenvalue weighted by Gasteiger charge is 2.53. The first-order chi connectivity index (χ1) is 26.0. The molecule has 3 rings (SSSR count). The second-order valence-corrected chi connectivity index (χ2v) is 15.6. The molecule has 12 nitrogen and oxygen atoms in total. The number of nitrogens with zero attached hydrogens (tertiary/aromatic N) is 2. The summed E-state index contributed by atoms with van der Waals surface area (Å²) in [6, 6.07) is 9.10. The molecule has 1 aliphatic carbocycles. The Morgan fingerprint density at radius 2 is 1.69 bits per heavy atom. The summed E-state index contributed by atoms with van der Waals surface area (Å²) in [6.45, 7) is 10.8. The maximum Gasteiger partial charge on any atom is 0.276 e. The number of hydrogen-bond donors (Lipinski definition) is 3. The Morgan fingerprint density at radius 1 is 1.00 bits per heavy atom. The SMILES string of the molecule is CCCC(C(=O)N1CCC(OCOC)CC1)[C@@](OCC)(C(=O)NN(CCCNC(C)=O)C(=O)[C@@H](C[C@@H](O)CCC1CCCCC1)C(C)C)c1ccccc1. The molecule has 2 aliphatic rings. The van der Waals surface area contributed by atoms with Crippen molar-refractivity contribution in [3.05, 3.63) is 35.9 Å². The van der Waals surface area contributed by atoms with Gasteiger partial charge in [0.15, 0.2) is 5.60 Å². The second-order valence-electron chi connectivity index (χ2n) is 15.6. The van der Waals surface area contributed by atoms with Crippen LogP contribution in [0.5, 0.6) is 0 Å². The first-order valence-electron chi connectivity index (χ1n) is 20.6. The topological polar surface area (TPSA) is 147 Å². The largest absolute Gasteiger partial charge is 0.393 e. The van der Waals surface area contributed by atoms with Gasteiger partial charge >= 0.3 is 0 Å². The molecule has 1 aromatic rings. The van der Waals surface area contributed by atoms with E-state index in [9.17, 15) is 19.5 Å². The Kier molecular flexibility index (Phi) is 20.0. The monoisotopic (exact) mass is 759 g/mol. The van der Waals surface area contributed by atoms with E-state index in [4.69, 9.17) is 14.2 Å². The van der Waals surface area contributed by atoms with Gasteiger partial charge in [-0.05, 0) is 69.3 Å². The van der Waals surface area contributed by atoms with Crippen molar-refractivity contribution in [3.8, 4) is 0 Å². The van der Waals surface area contributed by atoms with Crippen LogP contribution in [-0.4, -0.2) is 97.5 Å². The molecule has 0 aromatic heterocycles. The van der Waals surface area contributed by atoms with E-state index in [2.05, 4.69) is 10.7 Å². The number of aliphatic hydroxyl groups is 1. The van der Waals surface area contributed by atoms with Gasteiger partial charge in [0.25, 0.3) is 5.91 Å². The van der Waals surface area contributed by atoms with Gasteiger partial charge in [-0.1, -0.05) is 89.6 Å². The fraction of sp³-hybridized carbons (Fsp3) is 0.762. The first-order valence-corrected chi connectivity index (χ1v) is 20.6. The Balaban J connectivity index is 1.96. The molecule has 54 heavy (non-hydrogen) atoms. The standard InChI is InChI=1S/C42H70N4O8/c1-7-16-38(40(50)45-27-23-36(24-28-45)53-30-52-6)42(54-8-2,34-19-13-10-14-20-34)41(51)44-46(26-15-25-43-32(5)47)39(49)37(31(3)4)29-35(48)22-21-33-17-11-9-12-18-33/h10,13-14,19-20,31,33,35-38,48H,7-9,11-12,15-18,21-30H2,1-6H3,(H,43,47)(H,44,51)/t35-,37-,38?,42+/m0/s1. The number of nitrogens with one attached hydrogen (secondary N) is 2. The molecule has 4 amide bonds. The van der Waals surface area contributed by atoms with Crippen molar-refractivity contribution in [3.63, 3.8) is 0 Å². The molecule has 1 aromatic carbocycles. The number of likely N-dealkylation sites (tertiary alicyclic amines) is 1. The van der Waals surface area contributed by atoms with Crippen molar-refractivity contribution in [1.82, 2.24) is 20.7 Å². The maximum atomic E-state index is 15.1. The van der Waals surface area contributed by atoms with E-state index in [1.54, 1.807) is 31.1 Å². The maximum absolute atomic E-state index is 15.1. The van der Waals surface area contributed by atoms with E-state index < -0.39 is 29.4 Å². The van der Waals surface area contributed by atoms with Gasteiger partial charge in [-0.2, -0.15) is 0 Å². The summed E-state index contributed by atoms with van der Waals surface area (Å²) in [7, 11) is 1.58. The quantitative estimate of drug-likeness (QED) is 0.0774. The zero-order valence-corrected chi connectivity index (χ0v) is 34.0. The number of piperidine rings is 1. The molecule has 1 aliphatic heterocycles. The van der Waals surface area contributed by atoms with Crippen LogP contribution in [-0.2, 0) is 39.0 Å². The molecule has 0 radical (unpaired) electrons. The van der Waals surface area contributed by atoms with Crippen LogP contribution in [0.3, 0.4) is 0 Å². The number of rotatable bonds is 22. The summed E-state index contributed by atoms with van der Waals surface area (Å²) >= 11 is 0. The summed E-state index contributed by atoms with van der Waals surface area (Å²) in [6.07, 6.45) is 9.97. The molecule has 12 heteroatoms. The lowest BCUT2D eigenvalue weighted by Crippen LogP contribution is -2.61. The van der Waals surface area contributed by atoms with Gasteiger partial charge in [-0.3, -0.25) is 29.6 Å². The van der Waals surface area contributed by atoms with E-state index in [-0.39, 0.29) is 56.1 Å². The van der Waals surface area contributed by atoms with Crippen molar-refractivity contribution in [2.24, 2.45) is 23.7 Å². The molecule has 1 unspecified atom stereocenters. The van der Waals surface area contributed by atoms with Crippen LogP contribution in [0.4, 0.5) is 0 Å². The van der Waals surface area contributed by atoms with E-state index in [0.717, 1.165) is 6.42 Å². The van der Waals surface area contributed by atoms with Crippen molar-refractivity contribution in [2.75, 3.05) is 46.7 Å². The highest BCUT2D eigenvalue weighted by Crippen LogP contribution is 2.40. The number of aliphatic hydroxyl groups excluding tert-OH is 1. The third-order valence-electron chi connectivity index (χ3n) is 11.2. The number of methoxy groups -OCH3 is 1. The van der Waals surface area contributed by atoms with Crippen molar-refractivity contribution in [1.29, 1.82) is 0 Å². The fourth-order valence-corrected chi connectivity index (χ4v) is 8.17. The highest BCUT2D eigenvalue weighted by atomic mass is 16.7. The lowest BCUT2D eigenvalue weighted by atomic mass is 9.76. The Labute approximate surface area is 324 Å². The third-order valence-corrected chi connectivity index (χ3v) is 11.2. The molecule has 1 saturated carbocycles. The van der Waals surface area contributed by atoms with Crippen LogP contribution < -0.4 is 10.7 Å². The van der Waals surface area contributed by atoms with E-state index in [1.165, 1.54) is 44.0 Å². The number of carbonyl (C=O) groups excluding carboxylic acids is 4. The minimum absolute atomic E-state index is 0.0237. The highest BCUT2D eigenvalue weighted by molar-refractivity contribution is 5.95. The third kappa shape index (κ3) is 13.3. The van der Waals surface area contributed by atoms with Gasteiger partial charge in [0.1, 0.15) is 6.79 Å². The van der Waals surface area contributed by atoms with Crippen molar-refractivity contribution in [2.45, 2.75) is 136 Å². The molecule has 1 heterocycles. The Hall–Kier alpha value is -3.06. The molecule has 3 N–H and O–H groups in total. The number of hydrogen-bond acceptors (Lipinski definition) is 8. The molecule has 0 bridgehead atoms. The molecule has 306 valence electrons. The van der Waals surface area contributed by atoms with Crippen LogP contribution in [0.2, 0.25) is 0 Å². The van der Waals surface area contributed by atoms with Crippen molar-refractivity contribution < 1.29 is 38.5 Å². The van der Waals surface area contributed by atoms with Crippen molar-refractivity contribution >= 4 is 23.6 Å². The Morgan fingerprint density at radius 3 is 2.28 bits per heavy atom. The molecule has 0 spiro atoms. The van der Waals surface area contributed by atoms with Crippen LogP contribution in [0, 0.1) is 23.7 Å². The van der Waals surface area contributed by atoms with Gasteiger partial charge in [0.2, 0.25) is 17.7 Å². The summed E-state index contributed by atoms with van der Waals surface area (Å²) in [5.41, 5.74) is 1.74. The number of carbonyl (C=O) groups is 4. The van der Waals surface area contributed by atoms with E-state index in [1.807, 2.05) is 39.0 Å². The van der Waals surface area contributed by atoms with E-state index in [0.29, 0.717) is 69.6 Å². The van der Waals surface area contributed by atoms with Crippen LogP contribution in [0.1, 0.15) is 124 Å². The molecular formula is C42H70N4O8. The molecule has 4 atom stereocenters. The van der Waals surface area contributed by atoms with Gasteiger partial charge in [0, 0.05) is 52.7 Å². The summed E-state index contributed by atoms with van der Waals surface area (Å²) < 4.78 is 17.4. The summed E-state index contributed by atoms with van der Waals surface area (Å²) in [4.78, 5) is 57.8. The van der Waals surface area contributed by atoms with Crippen LogP contribution in [0.25, 0.3) is 0 Å². The smallest absolute Gasteiger partial charge is 0.276 e. The molecule has 1 saturated heterocycles. The zero-order valence-electron chi connectivity index (χ0n) is 34.0. The summed E-state index contributed by atoms with van der Waals surface area (Å²) in [5.74, 6) is -2.24. The van der Waals surface area contributed by atoms with Gasteiger partial charge in [0.05, 0.1) is 18.1 Å². The minimum Gasteiger partial charge on any atom is -0.393 e. The first kappa shape index (κ1) is 45.3. The molecular weight excluding hydrogens is 688 g/mol. The second kappa shape index (κ2) is 23.8. The minimum atomic E-state index is -1.75. The van der Waals surface area contributed by atoms with Crippen LogP contribution in [0.15, 0.2) is 30.3 Å². The fourth-order valence-electron chi connectivity index (χ4n) is 8.17. The number of benzene rings is 1. The lowest BCUT2D eigenvalue weighted by molar-refractivity contribution is -0.176. The number of ether oxygens (including phenoxy) is 3. The van der Waals surface area contributed by atoms with E-state index >= 15 is 4.79 Å². The predicted octanol–water partition coefficient (Wildman–Crippen LogP) is 5.72. The van der Waals surface area contributed by atoms with Gasteiger partial charge in [-0.25, -0.2) is 0 Å². The number of amides is 4. The number of hydrazine groups is 1. The average Bonchev–Trinajstić information content (AvgIpc) is 3.18. The molecule has 2 fully saturated rings. The Bertz CT molecular complexity index is 1270. The normalized spacial score (nSPS) is 18.4. The lowest BCUT2D eigenvalue weighted by Gasteiger charge is -2.43. The average molecular weight is 759 g/mol. The van der Waals surface area contributed by atoms with Gasteiger partial charge < -0.3 is 29.5 Å². The predicted molar refractivity (Wildman–Crippen MR) is 209 cm³/mol. The van der Waals surface area contributed by atoms with Gasteiger partial charge in [-0.15, -0.1) is 0 Å². The zero-order chi connectivity index (χ0) is 39.5.